The van der Waals surface area contributed by atoms with E-state index in [1.165, 1.54) is 23.5 Å². The second-order valence-corrected chi connectivity index (χ2v) is 10.8. The molecule has 168 valence electrons. The summed E-state index contributed by atoms with van der Waals surface area (Å²) < 4.78 is 27.4. The first kappa shape index (κ1) is 22.4. The molecule has 3 aromatic rings. The van der Waals surface area contributed by atoms with E-state index in [1.807, 2.05) is 13.0 Å². The van der Waals surface area contributed by atoms with Crippen LogP contribution in [0.4, 0.5) is 5.69 Å². The van der Waals surface area contributed by atoms with Gasteiger partial charge in [0.05, 0.1) is 21.3 Å². The first-order chi connectivity index (χ1) is 15.3. The van der Waals surface area contributed by atoms with Crippen LogP contribution in [0.25, 0.3) is 0 Å². The van der Waals surface area contributed by atoms with Gasteiger partial charge in [0.2, 0.25) is 0 Å². The third kappa shape index (κ3) is 4.85. The fourth-order valence-corrected chi connectivity index (χ4v) is 5.57. The average Bonchev–Trinajstić information content (AvgIpc) is 3.23. The van der Waals surface area contributed by atoms with Crippen molar-refractivity contribution in [3.8, 4) is 0 Å². The number of carbonyl (C=O) groups excluding carboxylic acids is 1. The highest BCUT2D eigenvalue weighted by atomic mass is 32.2. The van der Waals surface area contributed by atoms with Crippen molar-refractivity contribution < 1.29 is 13.2 Å². The minimum atomic E-state index is -3.77. The molecule has 1 fully saturated rings. The maximum atomic E-state index is 13.1. The van der Waals surface area contributed by atoms with Gasteiger partial charge in [-0.3, -0.25) is 14.0 Å². The normalized spacial score (nSPS) is 15.0. The SMILES string of the molecule is Cc1nc(CN2CCN(C(=O)c3cccc(S(=O)(=O)N(C)c4ccccc4)c3)CC2)cs1. The minimum absolute atomic E-state index is 0.104. The van der Waals surface area contributed by atoms with Crippen LogP contribution >= 0.6 is 11.3 Å². The summed E-state index contributed by atoms with van der Waals surface area (Å²) in [5, 5.41) is 3.13. The molecule has 7 nitrogen and oxygen atoms in total. The maximum absolute atomic E-state index is 13.1. The van der Waals surface area contributed by atoms with E-state index < -0.39 is 10.0 Å². The number of carbonyl (C=O) groups is 1. The highest BCUT2D eigenvalue weighted by Gasteiger charge is 2.26. The topological polar surface area (TPSA) is 73.8 Å². The Balaban J connectivity index is 1.43. The minimum Gasteiger partial charge on any atom is -0.336 e. The fraction of sp³-hybridized carbons (Fsp3) is 0.304. The zero-order valence-corrected chi connectivity index (χ0v) is 19.8. The van der Waals surface area contributed by atoms with Crippen LogP contribution in [0.1, 0.15) is 21.1 Å². The number of hydrogen-bond donors (Lipinski definition) is 0. The van der Waals surface area contributed by atoms with Crippen molar-refractivity contribution >= 4 is 33.0 Å². The Bertz CT molecular complexity index is 1190. The maximum Gasteiger partial charge on any atom is 0.264 e. The van der Waals surface area contributed by atoms with Gasteiger partial charge in [-0.15, -0.1) is 11.3 Å². The van der Waals surface area contributed by atoms with Gasteiger partial charge in [0.1, 0.15) is 0 Å². The van der Waals surface area contributed by atoms with Crippen molar-refractivity contribution in [2.45, 2.75) is 18.4 Å². The molecule has 2 heterocycles. The summed E-state index contributed by atoms with van der Waals surface area (Å²) in [4.78, 5) is 21.8. The molecule has 1 aromatic heterocycles. The van der Waals surface area contributed by atoms with E-state index in [0.717, 1.165) is 30.3 Å². The lowest BCUT2D eigenvalue weighted by molar-refractivity contribution is 0.0627. The van der Waals surface area contributed by atoms with Gasteiger partial charge in [-0.25, -0.2) is 13.4 Å². The Morgan fingerprint density at radius 3 is 2.44 bits per heavy atom. The summed E-state index contributed by atoms with van der Waals surface area (Å²) in [5.41, 5.74) is 2.01. The first-order valence-electron chi connectivity index (χ1n) is 10.4. The predicted octanol–water partition coefficient (Wildman–Crippen LogP) is 3.23. The number of hydrogen-bond acceptors (Lipinski definition) is 6. The van der Waals surface area contributed by atoms with Crippen LogP contribution in [0, 0.1) is 6.92 Å². The third-order valence-electron chi connectivity index (χ3n) is 5.57. The van der Waals surface area contributed by atoms with Gasteiger partial charge in [0, 0.05) is 50.7 Å². The first-order valence-corrected chi connectivity index (χ1v) is 12.7. The van der Waals surface area contributed by atoms with Crippen molar-refractivity contribution in [2.75, 3.05) is 37.5 Å². The summed E-state index contributed by atoms with van der Waals surface area (Å²) in [5.74, 6) is -0.145. The number of amides is 1. The van der Waals surface area contributed by atoms with Crippen LogP contribution in [-0.4, -0.2) is 62.3 Å². The smallest absolute Gasteiger partial charge is 0.264 e. The van der Waals surface area contributed by atoms with E-state index >= 15 is 0 Å². The molecule has 4 rings (SSSR count). The highest BCUT2D eigenvalue weighted by Crippen LogP contribution is 2.23. The van der Waals surface area contributed by atoms with Gasteiger partial charge < -0.3 is 4.90 Å². The molecule has 2 aromatic carbocycles. The number of para-hydroxylation sites is 1. The number of anilines is 1. The number of aryl methyl sites for hydroxylation is 1. The number of benzene rings is 2. The monoisotopic (exact) mass is 470 g/mol. The van der Waals surface area contributed by atoms with Crippen molar-refractivity contribution in [1.82, 2.24) is 14.8 Å². The largest absolute Gasteiger partial charge is 0.336 e. The zero-order valence-electron chi connectivity index (χ0n) is 18.1. The molecule has 0 aliphatic carbocycles. The molecule has 0 unspecified atom stereocenters. The van der Waals surface area contributed by atoms with E-state index in [1.54, 1.807) is 52.6 Å². The highest BCUT2D eigenvalue weighted by molar-refractivity contribution is 7.92. The zero-order chi connectivity index (χ0) is 22.7. The molecule has 9 heteroatoms. The van der Waals surface area contributed by atoms with Gasteiger partial charge in [0.15, 0.2) is 0 Å². The molecule has 0 N–H and O–H groups in total. The fourth-order valence-electron chi connectivity index (χ4n) is 3.73. The summed E-state index contributed by atoms with van der Waals surface area (Å²) >= 11 is 1.64. The van der Waals surface area contributed by atoms with Crippen LogP contribution < -0.4 is 4.31 Å². The van der Waals surface area contributed by atoms with Crippen LogP contribution in [0.5, 0.6) is 0 Å². The molecule has 1 aliphatic rings. The lowest BCUT2D eigenvalue weighted by Gasteiger charge is -2.34. The van der Waals surface area contributed by atoms with Gasteiger partial charge in [-0.1, -0.05) is 24.3 Å². The molecule has 0 spiro atoms. The molecule has 0 radical (unpaired) electrons. The Morgan fingerprint density at radius 2 is 1.78 bits per heavy atom. The van der Waals surface area contributed by atoms with Crippen molar-refractivity contribution in [3.05, 3.63) is 76.2 Å². The molecule has 0 saturated carbocycles. The molecule has 1 saturated heterocycles. The average molecular weight is 471 g/mol. The van der Waals surface area contributed by atoms with Crippen LogP contribution in [-0.2, 0) is 16.6 Å². The van der Waals surface area contributed by atoms with Gasteiger partial charge in [-0.2, -0.15) is 0 Å². The summed E-state index contributed by atoms with van der Waals surface area (Å²) in [7, 11) is -2.26. The number of nitrogens with zero attached hydrogens (tertiary/aromatic N) is 4. The Morgan fingerprint density at radius 1 is 1.06 bits per heavy atom. The number of thiazole rings is 1. The van der Waals surface area contributed by atoms with E-state index in [0.29, 0.717) is 24.3 Å². The van der Waals surface area contributed by atoms with E-state index in [4.69, 9.17) is 0 Å². The molecule has 32 heavy (non-hydrogen) atoms. The summed E-state index contributed by atoms with van der Waals surface area (Å²) in [6.07, 6.45) is 0. The van der Waals surface area contributed by atoms with Crippen molar-refractivity contribution in [2.24, 2.45) is 0 Å². The standard InChI is InChI=1S/C23H26N4O3S2/c1-18-24-20(17-31-18)16-26-11-13-27(14-12-26)23(28)19-7-6-10-22(15-19)32(29,30)25(2)21-8-4-3-5-9-21/h3-10,15,17H,11-14,16H2,1-2H3. The van der Waals surface area contributed by atoms with E-state index in [9.17, 15) is 13.2 Å². The second-order valence-electron chi connectivity index (χ2n) is 7.76. The van der Waals surface area contributed by atoms with Crippen molar-refractivity contribution in [3.63, 3.8) is 0 Å². The van der Waals surface area contributed by atoms with Crippen LogP contribution in [0.15, 0.2) is 64.9 Å². The number of piperazine rings is 1. The van der Waals surface area contributed by atoms with Gasteiger partial charge in [-0.05, 0) is 37.3 Å². The molecular weight excluding hydrogens is 444 g/mol. The number of rotatable bonds is 6. The molecule has 0 bridgehead atoms. The second kappa shape index (κ2) is 9.40. The molecule has 1 amide bonds. The lowest BCUT2D eigenvalue weighted by Crippen LogP contribution is -2.48. The van der Waals surface area contributed by atoms with Crippen LogP contribution in [0.2, 0.25) is 0 Å². The molecule has 0 atom stereocenters. The van der Waals surface area contributed by atoms with Crippen LogP contribution in [0.3, 0.4) is 0 Å². The summed E-state index contributed by atoms with van der Waals surface area (Å²) in [6, 6.07) is 15.2. The summed E-state index contributed by atoms with van der Waals surface area (Å²) in [6.45, 7) is 5.50. The van der Waals surface area contributed by atoms with Crippen molar-refractivity contribution in [1.29, 1.82) is 0 Å². The number of sulfonamides is 1. The molecule has 1 aliphatic heterocycles. The Labute approximate surface area is 193 Å². The van der Waals surface area contributed by atoms with E-state index in [-0.39, 0.29) is 10.8 Å². The number of aromatic nitrogens is 1. The third-order valence-corrected chi connectivity index (χ3v) is 8.17. The van der Waals surface area contributed by atoms with Gasteiger partial charge >= 0.3 is 0 Å². The predicted molar refractivity (Wildman–Crippen MR) is 127 cm³/mol. The molecular formula is C23H26N4O3S2. The Kier molecular flexibility index (Phi) is 6.59. The lowest BCUT2D eigenvalue weighted by atomic mass is 10.2. The van der Waals surface area contributed by atoms with E-state index in [2.05, 4.69) is 15.3 Å². The quantitative estimate of drug-likeness (QED) is 0.553. The van der Waals surface area contributed by atoms with Gasteiger partial charge in [0.25, 0.3) is 15.9 Å². The Hall–Kier alpha value is -2.75.